The predicted molar refractivity (Wildman–Crippen MR) is 63.8 cm³/mol. The summed E-state index contributed by atoms with van der Waals surface area (Å²) in [4.78, 5) is 0. The molecule has 1 heteroatoms. The Hall–Kier alpha value is -1.16. The van der Waals surface area contributed by atoms with E-state index in [4.69, 9.17) is 6.42 Å². The van der Waals surface area contributed by atoms with Crippen molar-refractivity contribution in [3.63, 3.8) is 0 Å². The van der Waals surface area contributed by atoms with Crippen LogP contribution in [0.4, 0.5) is 0 Å². The first kappa shape index (κ1) is 12.8. The second-order valence-electron chi connectivity index (χ2n) is 3.84. The van der Waals surface area contributed by atoms with Gasteiger partial charge in [-0.05, 0) is 27.2 Å². The van der Waals surface area contributed by atoms with Gasteiger partial charge in [0.1, 0.15) is 0 Å². The molecule has 0 heterocycles. The fourth-order valence-corrected chi connectivity index (χ4v) is 1.29. The zero-order valence-electron chi connectivity index (χ0n) is 9.72. The maximum Gasteiger partial charge on any atom is 0.0604 e. The Morgan fingerprint density at radius 3 is 2.57 bits per heavy atom. The second-order valence-corrected chi connectivity index (χ2v) is 3.84. The lowest BCUT2D eigenvalue weighted by molar-refractivity contribution is 0.349. The molecule has 0 aliphatic rings. The van der Waals surface area contributed by atoms with Crippen LogP contribution in [-0.4, -0.2) is 6.04 Å². The van der Waals surface area contributed by atoms with Gasteiger partial charge in [0, 0.05) is 5.70 Å². The molecule has 0 aromatic rings. The summed E-state index contributed by atoms with van der Waals surface area (Å²) in [5, 5.41) is 3.30. The van der Waals surface area contributed by atoms with Crippen LogP contribution in [0.15, 0.2) is 24.4 Å². The minimum atomic E-state index is -0.147. The van der Waals surface area contributed by atoms with Gasteiger partial charge in [-0.15, -0.1) is 6.42 Å². The maximum atomic E-state index is 5.57. The highest BCUT2D eigenvalue weighted by molar-refractivity contribution is 5.16. The first-order valence-electron chi connectivity index (χ1n) is 5.02. The molecule has 0 aromatic carbocycles. The van der Waals surface area contributed by atoms with Gasteiger partial charge in [0.25, 0.3) is 0 Å². The predicted octanol–water partition coefficient (Wildman–Crippen LogP) is 3.10. The van der Waals surface area contributed by atoms with Crippen molar-refractivity contribution in [3.05, 3.63) is 24.4 Å². The van der Waals surface area contributed by atoms with Gasteiger partial charge in [0.2, 0.25) is 0 Å². The van der Waals surface area contributed by atoms with Crippen molar-refractivity contribution < 1.29 is 0 Å². The fourth-order valence-electron chi connectivity index (χ4n) is 1.29. The highest BCUT2D eigenvalue weighted by Crippen LogP contribution is 2.26. The summed E-state index contributed by atoms with van der Waals surface area (Å²) in [6.45, 7) is 12.0. The summed E-state index contributed by atoms with van der Waals surface area (Å²) >= 11 is 0. The van der Waals surface area contributed by atoms with Crippen LogP contribution in [0.5, 0.6) is 0 Å². The lowest BCUT2D eigenvalue weighted by atomic mass is 9.80. The SMILES string of the molecule is C#CC(C)(CC)C(/C=C\C)NC(=C)C. The van der Waals surface area contributed by atoms with Gasteiger partial charge in [-0.25, -0.2) is 0 Å². The molecule has 0 saturated heterocycles. The summed E-state index contributed by atoms with van der Waals surface area (Å²) in [7, 11) is 0. The third-order valence-corrected chi connectivity index (χ3v) is 2.54. The largest absolute Gasteiger partial charge is 0.381 e. The third kappa shape index (κ3) is 3.30. The van der Waals surface area contributed by atoms with Crippen molar-refractivity contribution in [3.8, 4) is 12.3 Å². The maximum absolute atomic E-state index is 5.57. The number of hydrogen-bond donors (Lipinski definition) is 1. The highest BCUT2D eigenvalue weighted by Gasteiger charge is 2.28. The summed E-state index contributed by atoms with van der Waals surface area (Å²) in [5.41, 5.74) is 0.800. The van der Waals surface area contributed by atoms with Crippen molar-refractivity contribution >= 4 is 0 Å². The first-order chi connectivity index (χ1) is 6.50. The van der Waals surface area contributed by atoms with Crippen LogP contribution in [0.2, 0.25) is 0 Å². The molecule has 2 unspecified atom stereocenters. The summed E-state index contributed by atoms with van der Waals surface area (Å²) in [5.74, 6) is 2.86. The number of rotatable bonds is 5. The summed E-state index contributed by atoms with van der Waals surface area (Å²) in [6.07, 6.45) is 10.6. The van der Waals surface area contributed by atoms with E-state index in [9.17, 15) is 0 Å². The molecular weight excluding hydrogens is 170 g/mol. The first-order valence-corrected chi connectivity index (χ1v) is 5.02. The Morgan fingerprint density at radius 2 is 2.29 bits per heavy atom. The van der Waals surface area contributed by atoms with E-state index in [1.54, 1.807) is 0 Å². The minimum Gasteiger partial charge on any atom is -0.381 e. The number of allylic oxidation sites excluding steroid dienone is 2. The van der Waals surface area contributed by atoms with Crippen molar-refractivity contribution in [2.75, 3.05) is 0 Å². The summed E-state index contributed by atoms with van der Waals surface area (Å²) < 4.78 is 0. The lowest BCUT2D eigenvalue weighted by Crippen LogP contribution is -2.40. The zero-order valence-corrected chi connectivity index (χ0v) is 9.72. The molecule has 2 atom stereocenters. The molecule has 0 fully saturated rings. The topological polar surface area (TPSA) is 12.0 Å². The molecule has 1 N–H and O–H groups in total. The van der Waals surface area contributed by atoms with Crippen LogP contribution in [-0.2, 0) is 0 Å². The van der Waals surface area contributed by atoms with Crippen LogP contribution in [0.1, 0.15) is 34.1 Å². The van der Waals surface area contributed by atoms with E-state index < -0.39 is 0 Å². The molecule has 78 valence electrons. The van der Waals surface area contributed by atoms with Crippen molar-refractivity contribution in [1.29, 1.82) is 0 Å². The Labute approximate surface area is 88.3 Å². The van der Waals surface area contributed by atoms with Gasteiger partial charge in [0.05, 0.1) is 11.5 Å². The van der Waals surface area contributed by atoms with E-state index in [0.717, 1.165) is 12.1 Å². The van der Waals surface area contributed by atoms with Gasteiger partial charge in [0.15, 0.2) is 0 Å². The number of nitrogens with one attached hydrogen (secondary N) is 1. The molecule has 0 aliphatic heterocycles. The van der Waals surface area contributed by atoms with Gasteiger partial charge in [-0.3, -0.25) is 0 Å². The van der Waals surface area contributed by atoms with Gasteiger partial charge < -0.3 is 5.32 Å². The molecule has 0 radical (unpaired) electrons. The standard InChI is InChI=1S/C13H21N/c1-7-10-12(14-11(4)5)13(6,8-2)9-3/h2,7,10,12,14H,4,9H2,1,3,5-6H3/b10-7-. The number of terminal acetylenes is 1. The molecular formula is C13H21N. The van der Waals surface area contributed by atoms with Gasteiger partial charge in [-0.2, -0.15) is 0 Å². The van der Waals surface area contributed by atoms with E-state index >= 15 is 0 Å². The van der Waals surface area contributed by atoms with Crippen LogP contribution >= 0.6 is 0 Å². The molecule has 0 bridgehead atoms. The average molecular weight is 191 g/mol. The van der Waals surface area contributed by atoms with Gasteiger partial charge in [-0.1, -0.05) is 31.6 Å². The van der Waals surface area contributed by atoms with Gasteiger partial charge >= 0.3 is 0 Å². The Balaban J connectivity index is 4.80. The Bertz CT molecular complexity index is 257. The van der Waals surface area contributed by atoms with E-state index in [-0.39, 0.29) is 11.5 Å². The Morgan fingerprint density at radius 1 is 1.71 bits per heavy atom. The molecule has 1 nitrogen and oxygen atoms in total. The molecule has 0 aliphatic carbocycles. The van der Waals surface area contributed by atoms with Crippen molar-refractivity contribution in [2.45, 2.75) is 40.2 Å². The fraction of sp³-hybridized carbons (Fsp3) is 0.538. The van der Waals surface area contributed by atoms with E-state index in [1.165, 1.54) is 0 Å². The van der Waals surface area contributed by atoms with Crippen molar-refractivity contribution in [1.82, 2.24) is 5.32 Å². The molecule has 0 rings (SSSR count). The monoisotopic (exact) mass is 191 g/mol. The van der Waals surface area contributed by atoms with E-state index in [0.29, 0.717) is 0 Å². The highest BCUT2D eigenvalue weighted by atomic mass is 14.9. The smallest absolute Gasteiger partial charge is 0.0604 e. The third-order valence-electron chi connectivity index (χ3n) is 2.54. The zero-order chi connectivity index (χ0) is 11.2. The quantitative estimate of drug-likeness (QED) is 0.520. The normalized spacial score (nSPS) is 17.1. The van der Waals surface area contributed by atoms with Crippen molar-refractivity contribution in [2.24, 2.45) is 5.41 Å². The van der Waals surface area contributed by atoms with Crippen LogP contribution in [0.25, 0.3) is 0 Å². The minimum absolute atomic E-state index is 0.147. The lowest BCUT2D eigenvalue weighted by Gasteiger charge is -2.31. The van der Waals surface area contributed by atoms with Crippen LogP contribution in [0, 0.1) is 17.8 Å². The van der Waals surface area contributed by atoms with E-state index in [2.05, 4.69) is 37.7 Å². The van der Waals surface area contributed by atoms with E-state index in [1.807, 2.05) is 19.9 Å². The summed E-state index contributed by atoms with van der Waals surface area (Å²) in [6, 6.07) is 0.167. The molecule has 0 spiro atoms. The molecule has 14 heavy (non-hydrogen) atoms. The second kappa shape index (κ2) is 5.54. The van der Waals surface area contributed by atoms with Crippen LogP contribution < -0.4 is 5.32 Å². The molecule has 0 amide bonds. The Kier molecular flexibility index (Phi) is 5.09. The molecule has 0 aromatic heterocycles. The number of hydrogen-bond acceptors (Lipinski definition) is 1. The average Bonchev–Trinajstić information content (AvgIpc) is 2.15. The van der Waals surface area contributed by atoms with Crippen LogP contribution in [0.3, 0.4) is 0 Å². The molecule has 0 saturated carbocycles.